The Hall–Kier alpha value is -1.89. The Labute approximate surface area is 94.1 Å². The van der Waals surface area contributed by atoms with Crippen LogP contribution in [0.4, 0.5) is 4.39 Å². The van der Waals surface area contributed by atoms with Gasteiger partial charge in [-0.1, -0.05) is 48.6 Å². The average molecular weight is 210 g/mol. The highest BCUT2D eigenvalue weighted by atomic mass is 19.1. The van der Waals surface area contributed by atoms with Gasteiger partial charge in [0.2, 0.25) is 0 Å². The van der Waals surface area contributed by atoms with Gasteiger partial charge in [-0.3, -0.25) is 0 Å². The molecule has 0 fully saturated rings. The first-order valence-electron chi connectivity index (χ1n) is 5.37. The van der Waals surface area contributed by atoms with Crippen molar-refractivity contribution in [1.29, 1.82) is 0 Å². The Morgan fingerprint density at radius 3 is 2.56 bits per heavy atom. The summed E-state index contributed by atoms with van der Waals surface area (Å²) in [5, 5.41) is 0. The summed E-state index contributed by atoms with van der Waals surface area (Å²) in [5.41, 5.74) is 3.65. The van der Waals surface area contributed by atoms with Gasteiger partial charge in [-0.2, -0.15) is 0 Å². The molecule has 1 heteroatoms. The van der Waals surface area contributed by atoms with Crippen molar-refractivity contribution in [1.82, 2.24) is 0 Å². The fourth-order valence-electron chi connectivity index (χ4n) is 2.10. The minimum atomic E-state index is -0.183. The van der Waals surface area contributed by atoms with Crippen LogP contribution in [0, 0.1) is 5.82 Å². The number of rotatable bonds is 1. The molecule has 78 valence electrons. The lowest BCUT2D eigenvalue weighted by Crippen LogP contribution is -1.98. The van der Waals surface area contributed by atoms with E-state index >= 15 is 0 Å². The van der Waals surface area contributed by atoms with Crippen molar-refractivity contribution < 1.29 is 4.39 Å². The number of hydrogen-bond donors (Lipinski definition) is 0. The van der Waals surface area contributed by atoms with Crippen LogP contribution < -0.4 is 0 Å². The Kier molecular flexibility index (Phi) is 2.10. The lowest BCUT2D eigenvalue weighted by molar-refractivity contribution is 0.627. The number of fused-ring (bicyclic) bond motifs is 1. The molecule has 0 aromatic heterocycles. The van der Waals surface area contributed by atoms with Gasteiger partial charge < -0.3 is 0 Å². The highest BCUT2D eigenvalue weighted by Gasteiger charge is 2.14. The third-order valence-corrected chi connectivity index (χ3v) is 2.98. The van der Waals surface area contributed by atoms with Crippen LogP contribution in [0.3, 0.4) is 0 Å². The lowest BCUT2D eigenvalue weighted by Gasteiger charge is -2.15. The first-order chi connectivity index (χ1) is 7.83. The maximum atomic E-state index is 12.8. The second-order valence-electron chi connectivity index (χ2n) is 4.04. The van der Waals surface area contributed by atoms with Gasteiger partial charge >= 0.3 is 0 Å². The molecule has 0 radical (unpaired) electrons. The van der Waals surface area contributed by atoms with Crippen molar-refractivity contribution in [3.05, 3.63) is 83.2 Å². The van der Waals surface area contributed by atoms with E-state index in [0.717, 1.165) is 5.56 Å². The zero-order chi connectivity index (χ0) is 11.0. The number of halogens is 1. The summed E-state index contributed by atoms with van der Waals surface area (Å²) < 4.78 is 12.8. The predicted octanol–water partition coefficient (Wildman–Crippen LogP) is 3.90. The van der Waals surface area contributed by atoms with Crippen LogP contribution in [0.1, 0.15) is 11.5 Å². The van der Waals surface area contributed by atoms with E-state index in [1.165, 1.54) is 23.3 Å². The molecule has 0 spiro atoms. The second kappa shape index (κ2) is 3.60. The topological polar surface area (TPSA) is 0 Å². The Morgan fingerprint density at radius 1 is 0.938 bits per heavy atom. The van der Waals surface area contributed by atoms with E-state index in [1.807, 2.05) is 12.1 Å². The summed E-state index contributed by atoms with van der Waals surface area (Å²) in [6.07, 6.45) is 12.7. The van der Waals surface area contributed by atoms with Crippen molar-refractivity contribution in [2.75, 3.05) is 0 Å². The molecule has 0 N–H and O–H groups in total. The fourth-order valence-corrected chi connectivity index (χ4v) is 2.10. The molecule has 2 aliphatic rings. The van der Waals surface area contributed by atoms with Gasteiger partial charge in [0.15, 0.2) is 0 Å². The van der Waals surface area contributed by atoms with Gasteiger partial charge in [0.25, 0.3) is 0 Å². The first kappa shape index (κ1) is 9.34. The molecule has 0 heterocycles. The zero-order valence-corrected chi connectivity index (χ0v) is 8.73. The van der Waals surface area contributed by atoms with Crippen molar-refractivity contribution >= 4 is 0 Å². The zero-order valence-electron chi connectivity index (χ0n) is 8.73. The summed E-state index contributed by atoms with van der Waals surface area (Å²) >= 11 is 0. The fraction of sp³-hybridized carbons (Fsp3) is 0.0667. The van der Waals surface area contributed by atoms with Crippen LogP contribution in [-0.4, -0.2) is 0 Å². The first-order valence-corrected chi connectivity index (χ1v) is 5.37. The molecule has 0 nitrogen and oxygen atoms in total. The smallest absolute Gasteiger partial charge is 0.123 e. The Morgan fingerprint density at radius 2 is 1.75 bits per heavy atom. The maximum absolute atomic E-state index is 12.8. The molecule has 0 saturated heterocycles. The average Bonchev–Trinajstić information content (AvgIpc) is 2.77. The highest BCUT2D eigenvalue weighted by molar-refractivity contribution is 5.58. The molecule has 3 rings (SSSR count). The Bertz CT molecular complexity index is 527. The van der Waals surface area contributed by atoms with Crippen LogP contribution in [0.15, 0.2) is 71.9 Å². The molecule has 1 unspecified atom stereocenters. The molecular formula is C15H11F. The summed E-state index contributed by atoms with van der Waals surface area (Å²) in [7, 11) is 0. The quantitative estimate of drug-likeness (QED) is 0.659. The van der Waals surface area contributed by atoms with Crippen LogP contribution in [0.5, 0.6) is 0 Å². The largest absolute Gasteiger partial charge is 0.207 e. The van der Waals surface area contributed by atoms with Crippen LogP contribution in [0.2, 0.25) is 0 Å². The van der Waals surface area contributed by atoms with E-state index in [1.54, 1.807) is 0 Å². The van der Waals surface area contributed by atoms with E-state index in [4.69, 9.17) is 0 Å². The van der Waals surface area contributed by atoms with Crippen molar-refractivity contribution in [2.24, 2.45) is 0 Å². The molecule has 1 atom stereocenters. The summed E-state index contributed by atoms with van der Waals surface area (Å²) in [6, 6.07) is 6.71. The molecule has 1 aromatic rings. The third kappa shape index (κ3) is 1.54. The summed E-state index contributed by atoms with van der Waals surface area (Å²) in [6.45, 7) is 0. The van der Waals surface area contributed by atoms with Crippen LogP contribution in [-0.2, 0) is 0 Å². The normalized spacial score (nSPS) is 21.7. The standard InChI is InChI=1S/C15H11F/c16-15-8-6-12(7-9-15)14-5-4-11-2-1-3-13(11)10-14/h1-10,14H. The van der Waals surface area contributed by atoms with E-state index in [0.29, 0.717) is 0 Å². The minimum Gasteiger partial charge on any atom is -0.207 e. The van der Waals surface area contributed by atoms with E-state index in [2.05, 4.69) is 36.5 Å². The molecule has 2 aliphatic carbocycles. The Balaban J connectivity index is 1.95. The summed E-state index contributed by atoms with van der Waals surface area (Å²) in [5.74, 6) is 0.0769. The van der Waals surface area contributed by atoms with Gasteiger partial charge in [0.1, 0.15) is 5.82 Å². The van der Waals surface area contributed by atoms with Gasteiger partial charge in [-0.15, -0.1) is 0 Å². The number of hydrogen-bond acceptors (Lipinski definition) is 0. The van der Waals surface area contributed by atoms with Crippen LogP contribution in [0.25, 0.3) is 0 Å². The molecular weight excluding hydrogens is 199 g/mol. The van der Waals surface area contributed by atoms with Gasteiger partial charge in [0.05, 0.1) is 0 Å². The van der Waals surface area contributed by atoms with E-state index in [-0.39, 0.29) is 11.7 Å². The minimum absolute atomic E-state index is 0.183. The van der Waals surface area contributed by atoms with Crippen molar-refractivity contribution in [2.45, 2.75) is 5.92 Å². The molecule has 0 amide bonds. The van der Waals surface area contributed by atoms with Crippen molar-refractivity contribution in [3.8, 4) is 0 Å². The van der Waals surface area contributed by atoms with Gasteiger partial charge in [-0.05, 0) is 28.8 Å². The molecule has 0 aliphatic heterocycles. The van der Waals surface area contributed by atoms with Crippen molar-refractivity contribution in [3.63, 3.8) is 0 Å². The third-order valence-electron chi connectivity index (χ3n) is 2.98. The number of benzene rings is 1. The highest BCUT2D eigenvalue weighted by Crippen LogP contribution is 2.31. The van der Waals surface area contributed by atoms with Crippen LogP contribution >= 0.6 is 0 Å². The SMILES string of the molecule is Fc1ccc(C2C=CC3=CC=CC3=C2)cc1. The molecule has 16 heavy (non-hydrogen) atoms. The predicted molar refractivity (Wildman–Crippen MR) is 63.6 cm³/mol. The molecule has 1 aromatic carbocycles. The molecule has 0 saturated carbocycles. The lowest BCUT2D eigenvalue weighted by atomic mass is 9.90. The van der Waals surface area contributed by atoms with E-state index < -0.39 is 0 Å². The second-order valence-corrected chi connectivity index (χ2v) is 4.04. The number of allylic oxidation sites excluding steroid dienone is 8. The van der Waals surface area contributed by atoms with Gasteiger partial charge in [-0.25, -0.2) is 4.39 Å². The molecule has 0 bridgehead atoms. The maximum Gasteiger partial charge on any atom is 0.123 e. The monoisotopic (exact) mass is 210 g/mol. The van der Waals surface area contributed by atoms with E-state index in [9.17, 15) is 4.39 Å². The summed E-state index contributed by atoms with van der Waals surface area (Å²) in [4.78, 5) is 0. The van der Waals surface area contributed by atoms with Gasteiger partial charge in [0, 0.05) is 5.92 Å².